The van der Waals surface area contributed by atoms with Gasteiger partial charge in [-0.1, -0.05) is 192 Å². The number of carbonyl (C=O) groups excluding carboxylic acids is 3. The van der Waals surface area contributed by atoms with Gasteiger partial charge in [-0.15, -0.1) is 0 Å². The summed E-state index contributed by atoms with van der Waals surface area (Å²) >= 11 is 0. The third-order valence-electron chi connectivity index (χ3n) is 12.1. The van der Waals surface area contributed by atoms with Crippen molar-refractivity contribution in [2.24, 2.45) is 0 Å². The van der Waals surface area contributed by atoms with Gasteiger partial charge in [0.05, 0.1) is 40.3 Å². The zero-order valence-electron chi connectivity index (χ0n) is 41.6. The molecule has 8 heteroatoms. The molecule has 62 heavy (non-hydrogen) atoms. The maximum atomic E-state index is 12.8. The highest BCUT2D eigenvalue weighted by molar-refractivity contribution is 5.70. The first-order valence-electron chi connectivity index (χ1n) is 26.4. The van der Waals surface area contributed by atoms with Crippen molar-refractivity contribution in [2.75, 3.05) is 41.0 Å². The average Bonchev–Trinajstić information content (AvgIpc) is 3.23. The second kappa shape index (κ2) is 45.4. The second-order valence-corrected chi connectivity index (χ2v) is 19.1. The topological polar surface area (TPSA) is 102 Å². The molecule has 0 aromatic carbocycles. The zero-order valence-corrected chi connectivity index (χ0v) is 41.6. The van der Waals surface area contributed by atoms with E-state index in [4.69, 9.17) is 14.2 Å². The number of carbonyl (C=O) groups is 3. The van der Waals surface area contributed by atoms with Gasteiger partial charge in [-0.25, -0.2) is 0 Å². The monoisotopic (exact) mass is 876 g/mol. The van der Waals surface area contributed by atoms with E-state index in [1.54, 1.807) is 21.1 Å². The highest BCUT2D eigenvalue weighted by Gasteiger charge is 2.25. The summed E-state index contributed by atoms with van der Waals surface area (Å²) in [6.07, 6.45) is 52.1. The summed E-state index contributed by atoms with van der Waals surface area (Å²) in [7, 11) is 5.42. The number of quaternary nitrogens is 1. The number of aliphatic carboxylic acids is 1. The van der Waals surface area contributed by atoms with Crippen LogP contribution in [0.25, 0.3) is 0 Å². The molecule has 0 bridgehead atoms. The summed E-state index contributed by atoms with van der Waals surface area (Å²) in [5.41, 5.74) is 0. The second-order valence-electron chi connectivity index (χ2n) is 19.1. The predicted octanol–water partition coefficient (Wildman–Crippen LogP) is 13.9. The molecule has 0 saturated carbocycles. The molecule has 0 aliphatic carbocycles. The Balaban J connectivity index is 4.19. The lowest BCUT2D eigenvalue weighted by molar-refractivity contribution is -0.889. The molecular formula is C54H101NO7. The number of hydrogen-bond acceptors (Lipinski definition) is 7. The zero-order chi connectivity index (χ0) is 45.6. The molecule has 0 aliphatic heterocycles. The highest BCUT2D eigenvalue weighted by Crippen LogP contribution is 2.16. The number of carboxylic acid groups (broad SMARTS) is 1. The van der Waals surface area contributed by atoms with Crippen LogP contribution in [0.4, 0.5) is 0 Å². The Hall–Kier alpha value is -2.19. The normalized spacial score (nSPS) is 13.0. The Bertz CT molecular complexity index is 1070. The molecule has 0 spiro atoms. The molecule has 0 N–H and O–H groups in total. The van der Waals surface area contributed by atoms with Gasteiger partial charge >= 0.3 is 11.9 Å². The summed E-state index contributed by atoms with van der Waals surface area (Å²) in [5, 5.41) is 11.7. The molecule has 364 valence electrons. The van der Waals surface area contributed by atoms with E-state index in [0.717, 1.165) is 51.4 Å². The fraction of sp³-hybridized carbons (Fsp3) is 0.870. The molecule has 8 nitrogen and oxygen atoms in total. The summed E-state index contributed by atoms with van der Waals surface area (Å²) < 4.78 is 17.2. The van der Waals surface area contributed by atoms with Crippen LogP contribution in [0.15, 0.2) is 24.3 Å². The van der Waals surface area contributed by atoms with E-state index in [1.807, 2.05) is 0 Å². The number of rotatable bonds is 48. The van der Waals surface area contributed by atoms with Crippen molar-refractivity contribution in [3.05, 3.63) is 24.3 Å². The standard InChI is InChI=1S/C54H101NO7/c1-6-8-10-12-14-16-18-20-22-23-24-25-26-27-28-29-31-33-35-37-39-41-43-45-53(57)62-50(48-60-47-46-51(54(58)59)55(3,4)5)49-61-52(56)44-42-40-38-36-34-32-30-21-19-17-15-13-11-9-7-2/h21,23-24,30,50-51H,6-20,22,25-29,31-49H2,1-5H3/b24-23-,30-21-. The number of carboxylic acids is 1. The van der Waals surface area contributed by atoms with Crippen LogP contribution in [0, 0.1) is 0 Å². The minimum absolute atomic E-state index is 0.0415. The Labute approximate surface area is 383 Å². The van der Waals surface area contributed by atoms with Gasteiger partial charge < -0.3 is 28.6 Å². The number of nitrogens with zero attached hydrogens (tertiary/aromatic N) is 1. The number of likely N-dealkylation sites (N-methyl/N-ethyl adjacent to an activating group) is 1. The van der Waals surface area contributed by atoms with E-state index in [1.165, 1.54) is 167 Å². The largest absolute Gasteiger partial charge is 0.544 e. The Morgan fingerprint density at radius 1 is 0.468 bits per heavy atom. The smallest absolute Gasteiger partial charge is 0.306 e. The van der Waals surface area contributed by atoms with E-state index in [0.29, 0.717) is 12.8 Å². The van der Waals surface area contributed by atoms with Crippen LogP contribution in [0.2, 0.25) is 0 Å². The first kappa shape index (κ1) is 59.8. The van der Waals surface area contributed by atoms with Crippen molar-refractivity contribution in [1.82, 2.24) is 0 Å². The number of esters is 2. The molecule has 0 radical (unpaired) electrons. The Morgan fingerprint density at radius 2 is 0.806 bits per heavy atom. The van der Waals surface area contributed by atoms with Gasteiger partial charge in [-0.05, 0) is 64.2 Å². The highest BCUT2D eigenvalue weighted by atomic mass is 16.6. The van der Waals surface area contributed by atoms with E-state index in [2.05, 4.69) is 38.2 Å². The Kier molecular flexibility index (Phi) is 43.8. The van der Waals surface area contributed by atoms with Crippen molar-refractivity contribution < 1.29 is 38.2 Å². The first-order chi connectivity index (χ1) is 30.1. The number of hydrogen-bond donors (Lipinski definition) is 0. The van der Waals surface area contributed by atoms with Crippen LogP contribution < -0.4 is 5.11 Å². The SMILES string of the molecule is CCCCCCCC/C=C\CCCCCCCC(=O)OCC(COCCC(C(=O)[O-])[N+](C)(C)C)OC(=O)CCCCCCCCCCCCC/C=C\CCCCCCCCCC. The minimum atomic E-state index is -1.12. The molecule has 0 aliphatic rings. The number of allylic oxidation sites excluding steroid dienone is 4. The van der Waals surface area contributed by atoms with E-state index in [9.17, 15) is 19.5 Å². The van der Waals surface area contributed by atoms with Crippen molar-refractivity contribution in [2.45, 2.75) is 264 Å². The molecule has 0 rings (SSSR count). The molecule has 0 fully saturated rings. The summed E-state index contributed by atoms with van der Waals surface area (Å²) in [6, 6.07) is -0.725. The van der Waals surface area contributed by atoms with Gasteiger partial charge in [0.1, 0.15) is 12.6 Å². The molecule has 0 amide bonds. The first-order valence-corrected chi connectivity index (χ1v) is 26.4. The third kappa shape index (κ3) is 43.1. The lowest BCUT2D eigenvalue weighted by Crippen LogP contribution is -2.55. The molecular weight excluding hydrogens is 775 g/mol. The van der Waals surface area contributed by atoms with Gasteiger partial charge in [0, 0.05) is 19.3 Å². The van der Waals surface area contributed by atoms with Crippen LogP contribution in [0.1, 0.15) is 251 Å². The van der Waals surface area contributed by atoms with Crippen molar-refractivity contribution >= 4 is 17.9 Å². The van der Waals surface area contributed by atoms with E-state index >= 15 is 0 Å². The lowest BCUT2D eigenvalue weighted by atomic mass is 10.0. The maximum absolute atomic E-state index is 12.8. The fourth-order valence-electron chi connectivity index (χ4n) is 7.94. The molecule has 0 aromatic heterocycles. The van der Waals surface area contributed by atoms with Crippen molar-refractivity contribution in [3.8, 4) is 0 Å². The maximum Gasteiger partial charge on any atom is 0.306 e. The van der Waals surface area contributed by atoms with Crippen LogP contribution in [-0.4, -0.2) is 75.5 Å². The summed E-state index contributed by atoms with van der Waals surface area (Å²) in [4.78, 5) is 37.0. The summed E-state index contributed by atoms with van der Waals surface area (Å²) in [6.45, 7) is 4.68. The fourth-order valence-corrected chi connectivity index (χ4v) is 7.94. The number of unbranched alkanes of at least 4 members (excludes halogenated alkanes) is 30. The van der Waals surface area contributed by atoms with Crippen LogP contribution in [-0.2, 0) is 28.6 Å². The van der Waals surface area contributed by atoms with Crippen LogP contribution in [0.3, 0.4) is 0 Å². The van der Waals surface area contributed by atoms with Gasteiger partial charge in [0.25, 0.3) is 0 Å². The van der Waals surface area contributed by atoms with E-state index in [-0.39, 0.29) is 42.7 Å². The van der Waals surface area contributed by atoms with Crippen molar-refractivity contribution in [1.29, 1.82) is 0 Å². The van der Waals surface area contributed by atoms with Gasteiger partial charge in [0.2, 0.25) is 0 Å². The Morgan fingerprint density at radius 3 is 1.16 bits per heavy atom. The van der Waals surface area contributed by atoms with Gasteiger partial charge in [-0.3, -0.25) is 9.59 Å². The van der Waals surface area contributed by atoms with E-state index < -0.39 is 18.1 Å². The average molecular weight is 876 g/mol. The number of ether oxygens (including phenoxy) is 3. The van der Waals surface area contributed by atoms with Crippen LogP contribution >= 0.6 is 0 Å². The quantitative estimate of drug-likeness (QED) is 0.0260. The van der Waals surface area contributed by atoms with Gasteiger partial charge in [-0.2, -0.15) is 0 Å². The van der Waals surface area contributed by atoms with Crippen LogP contribution in [0.5, 0.6) is 0 Å². The van der Waals surface area contributed by atoms with Gasteiger partial charge in [0.15, 0.2) is 6.10 Å². The molecule has 2 unspecified atom stereocenters. The molecule has 0 aromatic rings. The molecule has 0 saturated heterocycles. The summed E-state index contributed by atoms with van der Waals surface area (Å²) in [5.74, 6) is -1.73. The molecule has 2 atom stereocenters. The van der Waals surface area contributed by atoms with Crippen molar-refractivity contribution in [3.63, 3.8) is 0 Å². The third-order valence-corrected chi connectivity index (χ3v) is 12.1. The predicted molar refractivity (Wildman–Crippen MR) is 259 cm³/mol. The molecule has 0 heterocycles. The minimum Gasteiger partial charge on any atom is -0.544 e. The lowest BCUT2D eigenvalue weighted by Gasteiger charge is -2.34.